The van der Waals surface area contributed by atoms with Crippen LogP contribution in [0.5, 0.6) is 11.5 Å². The second-order valence-corrected chi connectivity index (χ2v) is 8.20. The van der Waals surface area contributed by atoms with Crippen LogP contribution in [-0.2, 0) is 4.79 Å². The Hall–Kier alpha value is -4.30. The molecule has 8 nitrogen and oxygen atoms in total. The summed E-state index contributed by atoms with van der Waals surface area (Å²) in [5.74, 6) is -0.0207. The number of methoxy groups -OCH3 is 2. The van der Waals surface area contributed by atoms with Crippen LogP contribution >= 0.6 is 11.6 Å². The minimum Gasteiger partial charge on any atom is -0.493 e. The third-order valence-electron chi connectivity index (χ3n) is 5.12. The van der Waals surface area contributed by atoms with Gasteiger partial charge in [-0.15, -0.1) is 0 Å². The smallest absolute Gasteiger partial charge is 0.287 e. The Labute approximate surface area is 215 Å². The number of anilines is 1. The summed E-state index contributed by atoms with van der Waals surface area (Å²) in [6.45, 7) is 0. The monoisotopic (exact) mass is 506 g/mol. The minimum atomic E-state index is -0.608. The maximum Gasteiger partial charge on any atom is 0.287 e. The first-order chi connectivity index (χ1) is 17.3. The maximum absolute atomic E-state index is 13.0. The third kappa shape index (κ3) is 6.86. The molecule has 3 aromatic carbocycles. The highest BCUT2D eigenvalue weighted by Gasteiger charge is 2.16. The second kappa shape index (κ2) is 12.4. The number of hydrogen-bond donors (Lipinski definition) is 2. The van der Waals surface area contributed by atoms with Crippen LogP contribution in [0.3, 0.4) is 0 Å². The van der Waals surface area contributed by atoms with Gasteiger partial charge in [0.05, 0.1) is 31.0 Å². The molecule has 186 valence electrons. The van der Waals surface area contributed by atoms with Crippen LogP contribution in [0.4, 0.5) is 5.69 Å². The van der Waals surface area contributed by atoms with Gasteiger partial charge in [0.25, 0.3) is 11.8 Å². The predicted octanol–water partition coefficient (Wildman–Crippen LogP) is 4.34. The van der Waals surface area contributed by atoms with Gasteiger partial charge in [0.2, 0.25) is 0 Å². The Balaban J connectivity index is 1.84. The van der Waals surface area contributed by atoms with Gasteiger partial charge in [-0.05, 0) is 59.7 Å². The summed E-state index contributed by atoms with van der Waals surface area (Å²) in [6.07, 6.45) is 3.02. The molecule has 0 saturated carbocycles. The van der Waals surface area contributed by atoms with E-state index in [2.05, 4.69) is 15.8 Å². The summed E-state index contributed by atoms with van der Waals surface area (Å²) >= 11 is 6.16. The molecule has 0 radical (unpaired) electrons. The van der Waals surface area contributed by atoms with Crippen molar-refractivity contribution in [1.82, 2.24) is 10.7 Å². The van der Waals surface area contributed by atoms with Crippen LogP contribution < -0.4 is 25.1 Å². The lowest BCUT2D eigenvalue weighted by atomic mass is 10.1. The number of benzene rings is 3. The standard InChI is InChI=1S/C27H27ClN4O4/c1-32(2)20-12-9-18(10-13-20)15-23(30-26(33)21-7-5-6-8-22(21)28)27(34)31-29-17-19-11-14-24(35-3)25(16-19)36-4/h5-17H,1-4H3,(H,30,33)(H,31,34)/b23-15+,29-17?. The van der Waals surface area contributed by atoms with Crippen LogP contribution in [0.15, 0.2) is 77.5 Å². The summed E-state index contributed by atoms with van der Waals surface area (Å²) < 4.78 is 10.5. The molecule has 0 aromatic heterocycles. The van der Waals surface area contributed by atoms with Gasteiger partial charge in [0.15, 0.2) is 11.5 Å². The van der Waals surface area contributed by atoms with Crippen molar-refractivity contribution in [2.45, 2.75) is 0 Å². The number of carbonyl (C=O) groups is 2. The number of rotatable bonds is 9. The Kier molecular flexibility index (Phi) is 9.07. The molecule has 3 rings (SSSR count). The maximum atomic E-state index is 13.0. The highest BCUT2D eigenvalue weighted by Crippen LogP contribution is 2.26. The molecule has 0 heterocycles. The summed E-state index contributed by atoms with van der Waals surface area (Å²) in [7, 11) is 6.95. The number of ether oxygens (including phenoxy) is 2. The lowest BCUT2D eigenvalue weighted by molar-refractivity contribution is -0.117. The average molecular weight is 507 g/mol. The van der Waals surface area contributed by atoms with E-state index in [0.717, 1.165) is 5.69 Å². The zero-order valence-corrected chi connectivity index (χ0v) is 21.2. The zero-order chi connectivity index (χ0) is 26.1. The molecule has 0 fully saturated rings. The molecule has 0 aliphatic heterocycles. The summed E-state index contributed by atoms with van der Waals surface area (Å²) in [6, 6.07) is 19.3. The van der Waals surface area contributed by atoms with E-state index in [9.17, 15) is 9.59 Å². The van der Waals surface area contributed by atoms with Crippen molar-refractivity contribution in [3.8, 4) is 11.5 Å². The van der Waals surface area contributed by atoms with E-state index in [0.29, 0.717) is 22.6 Å². The van der Waals surface area contributed by atoms with Gasteiger partial charge in [-0.25, -0.2) is 5.43 Å². The highest BCUT2D eigenvalue weighted by molar-refractivity contribution is 6.34. The van der Waals surface area contributed by atoms with Gasteiger partial charge in [-0.3, -0.25) is 9.59 Å². The Morgan fingerprint density at radius 3 is 2.22 bits per heavy atom. The molecule has 0 unspecified atom stereocenters. The van der Waals surface area contributed by atoms with Crippen LogP contribution in [0.1, 0.15) is 21.5 Å². The minimum absolute atomic E-state index is 0.00184. The fourth-order valence-corrected chi connectivity index (χ4v) is 3.41. The van der Waals surface area contributed by atoms with Gasteiger partial charge >= 0.3 is 0 Å². The molecule has 9 heteroatoms. The van der Waals surface area contributed by atoms with E-state index >= 15 is 0 Å². The molecule has 0 atom stereocenters. The second-order valence-electron chi connectivity index (χ2n) is 7.79. The van der Waals surface area contributed by atoms with Crippen molar-refractivity contribution in [2.24, 2.45) is 5.10 Å². The first kappa shape index (κ1) is 26.3. The lowest BCUT2D eigenvalue weighted by Crippen LogP contribution is -2.33. The number of hydrogen-bond acceptors (Lipinski definition) is 6. The van der Waals surface area contributed by atoms with E-state index in [1.807, 2.05) is 43.3 Å². The van der Waals surface area contributed by atoms with Crippen LogP contribution in [-0.4, -0.2) is 46.3 Å². The van der Waals surface area contributed by atoms with Gasteiger partial charge in [-0.2, -0.15) is 5.10 Å². The quantitative estimate of drug-likeness (QED) is 0.256. The van der Waals surface area contributed by atoms with Gasteiger partial charge in [0.1, 0.15) is 5.70 Å². The largest absolute Gasteiger partial charge is 0.493 e. The van der Waals surface area contributed by atoms with Gasteiger partial charge < -0.3 is 19.7 Å². The highest BCUT2D eigenvalue weighted by atomic mass is 35.5. The summed E-state index contributed by atoms with van der Waals surface area (Å²) in [5, 5.41) is 6.95. The van der Waals surface area contributed by atoms with Crippen LogP contribution in [0, 0.1) is 0 Å². The van der Waals surface area contributed by atoms with E-state index in [-0.39, 0.29) is 16.3 Å². The Morgan fingerprint density at radius 2 is 1.58 bits per heavy atom. The Morgan fingerprint density at radius 1 is 0.917 bits per heavy atom. The zero-order valence-electron chi connectivity index (χ0n) is 20.4. The normalized spacial score (nSPS) is 11.2. The molecule has 0 saturated heterocycles. The van der Waals surface area contributed by atoms with Crippen molar-refractivity contribution in [3.63, 3.8) is 0 Å². The van der Waals surface area contributed by atoms with Gasteiger partial charge in [0, 0.05) is 19.8 Å². The number of amides is 2. The van der Waals surface area contributed by atoms with E-state index < -0.39 is 11.8 Å². The first-order valence-corrected chi connectivity index (χ1v) is 11.3. The topological polar surface area (TPSA) is 92.3 Å². The molecule has 2 amide bonds. The third-order valence-corrected chi connectivity index (χ3v) is 5.45. The van der Waals surface area contributed by atoms with Crippen molar-refractivity contribution < 1.29 is 19.1 Å². The SMILES string of the molecule is COc1ccc(C=NNC(=O)/C(=C\c2ccc(N(C)C)cc2)NC(=O)c2ccccc2Cl)cc1OC. The fourth-order valence-electron chi connectivity index (χ4n) is 3.19. The van der Waals surface area contributed by atoms with E-state index in [1.54, 1.807) is 55.7 Å². The number of nitrogens with one attached hydrogen (secondary N) is 2. The molecule has 0 spiro atoms. The summed E-state index contributed by atoms with van der Waals surface area (Å²) in [5.41, 5.74) is 5.09. The molecule has 0 bridgehead atoms. The molecular formula is C27H27ClN4O4. The summed E-state index contributed by atoms with van der Waals surface area (Å²) in [4.78, 5) is 27.8. The van der Waals surface area contributed by atoms with Crippen molar-refractivity contribution in [3.05, 3.63) is 94.1 Å². The van der Waals surface area contributed by atoms with Crippen molar-refractivity contribution in [2.75, 3.05) is 33.2 Å². The molecule has 3 aromatic rings. The first-order valence-electron chi connectivity index (χ1n) is 10.9. The molecule has 2 N–H and O–H groups in total. The number of hydrazone groups is 1. The molecule has 36 heavy (non-hydrogen) atoms. The van der Waals surface area contributed by atoms with Crippen molar-refractivity contribution >= 4 is 41.4 Å². The Bertz CT molecular complexity index is 1290. The van der Waals surface area contributed by atoms with E-state index in [4.69, 9.17) is 21.1 Å². The fraction of sp³-hybridized carbons (Fsp3) is 0.148. The molecular weight excluding hydrogens is 480 g/mol. The number of halogens is 1. The predicted molar refractivity (Wildman–Crippen MR) is 143 cm³/mol. The van der Waals surface area contributed by atoms with Crippen molar-refractivity contribution in [1.29, 1.82) is 0 Å². The number of nitrogens with zero attached hydrogens (tertiary/aromatic N) is 2. The molecule has 0 aliphatic rings. The average Bonchev–Trinajstić information content (AvgIpc) is 2.88. The van der Waals surface area contributed by atoms with Crippen LogP contribution in [0.2, 0.25) is 5.02 Å². The van der Waals surface area contributed by atoms with Crippen LogP contribution in [0.25, 0.3) is 6.08 Å². The molecule has 0 aliphatic carbocycles. The lowest BCUT2D eigenvalue weighted by Gasteiger charge is -2.13. The van der Waals surface area contributed by atoms with E-state index in [1.165, 1.54) is 13.3 Å². The number of carbonyl (C=O) groups excluding carboxylic acids is 2. The van der Waals surface area contributed by atoms with Gasteiger partial charge in [-0.1, -0.05) is 35.9 Å².